The third-order valence-corrected chi connectivity index (χ3v) is 3.36. The lowest BCUT2D eigenvalue weighted by Crippen LogP contribution is -1.93. The van der Waals surface area contributed by atoms with Crippen molar-refractivity contribution in [3.8, 4) is 0 Å². The zero-order valence-electron chi connectivity index (χ0n) is 12.5. The van der Waals surface area contributed by atoms with Crippen LogP contribution in [0, 0.1) is 0 Å². The highest BCUT2D eigenvalue weighted by Gasteiger charge is 2.10. The zero-order chi connectivity index (χ0) is 16.1. The van der Waals surface area contributed by atoms with Gasteiger partial charge in [-0.05, 0) is 24.2 Å². The SMILES string of the molecule is CN.COCCCP(=O)(O)O.c1ccc2ccccc2c1. The maximum absolute atomic E-state index is 10.1. The van der Waals surface area contributed by atoms with E-state index in [1.807, 2.05) is 0 Å². The lowest BCUT2D eigenvalue weighted by Gasteiger charge is -2.00. The van der Waals surface area contributed by atoms with E-state index in [-0.39, 0.29) is 6.16 Å². The molecule has 21 heavy (non-hydrogen) atoms. The van der Waals surface area contributed by atoms with E-state index in [4.69, 9.17) is 9.79 Å². The van der Waals surface area contributed by atoms with Gasteiger partial charge in [-0.3, -0.25) is 4.57 Å². The minimum absolute atomic E-state index is 0.0825. The fourth-order valence-electron chi connectivity index (χ4n) is 1.55. The molecule has 0 aliphatic rings. The molecule has 0 spiro atoms. The average molecular weight is 313 g/mol. The number of methoxy groups -OCH3 is 1. The summed E-state index contributed by atoms with van der Waals surface area (Å²) in [6, 6.07) is 16.7. The quantitative estimate of drug-likeness (QED) is 0.596. The van der Waals surface area contributed by atoms with Gasteiger partial charge in [0, 0.05) is 13.7 Å². The van der Waals surface area contributed by atoms with E-state index in [0.717, 1.165) is 0 Å². The molecule has 0 atom stereocenters. The van der Waals surface area contributed by atoms with Crippen molar-refractivity contribution in [2.24, 2.45) is 5.73 Å². The van der Waals surface area contributed by atoms with Crippen LogP contribution in [0.3, 0.4) is 0 Å². The molecule has 0 bridgehead atoms. The van der Waals surface area contributed by atoms with Crippen LogP contribution in [-0.4, -0.2) is 36.7 Å². The highest BCUT2D eigenvalue weighted by molar-refractivity contribution is 7.51. The number of hydrogen-bond donors (Lipinski definition) is 3. The Bertz CT molecular complexity index is 476. The highest BCUT2D eigenvalue weighted by atomic mass is 31.2. The summed E-state index contributed by atoms with van der Waals surface area (Å²) in [6.07, 6.45) is 0.335. The van der Waals surface area contributed by atoms with Crippen molar-refractivity contribution >= 4 is 18.4 Å². The van der Waals surface area contributed by atoms with E-state index < -0.39 is 7.60 Å². The summed E-state index contributed by atoms with van der Waals surface area (Å²) in [5.74, 6) is 0. The molecule has 0 amide bonds. The molecular weight excluding hydrogens is 289 g/mol. The molecule has 6 heteroatoms. The molecule has 0 aliphatic heterocycles. The van der Waals surface area contributed by atoms with Crippen molar-refractivity contribution < 1.29 is 19.1 Å². The second kappa shape index (κ2) is 11.4. The predicted molar refractivity (Wildman–Crippen MR) is 87.5 cm³/mol. The summed E-state index contributed by atoms with van der Waals surface area (Å²) in [6.45, 7) is 0.408. The first-order chi connectivity index (χ1) is 10.0. The second-order valence-electron chi connectivity index (χ2n) is 4.08. The summed E-state index contributed by atoms with van der Waals surface area (Å²) in [7, 11) is -0.776. The maximum Gasteiger partial charge on any atom is 0.325 e. The van der Waals surface area contributed by atoms with Crippen LogP contribution < -0.4 is 5.73 Å². The Morgan fingerprint density at radius 3 is 1.67 bits per heavy atom. The number of rotatable bonds is 4. The molecule has 2 rings (SSSR count). The fraction of sp³-hybridized carbons (Fsp3) is 0.333. The second-order valence-corrected chi connectivity index (χ2v) is 5.86. The van der Waals surface area contributed by atoms with Gasteiger partial charge in [0.05, 0.1) is 6.16 Å². The normalized spacial score (nSPS) is 10.1. The Balaban J connectivity index is 0.000000344. The maximum atomic E-state index is 10.1. The van der Waals surface area contributed by atoms with Crippen molar-refractivity contribution in [3.63, 3.8) is 0 Å². The number of nitrogens with two attached hydrogens (primary N) is 1. The third-order valence-electron chi connectivity index (χ3n) is 2.46. The summed E-state index contributed by atoms with van der Waals surface area (Å²) >= 11 is 0. The molecule has 2 aromatic carbocycles. The average Bonchev–Trinajstić information content (AvgIpc) is 2.49. The monoisotopic (exact) mass is 313 g/mol. The van der Waals surface area contributed by atoms with E-state index in [0.29, 0.717) is 13.0 Å². The fourth-order valence-corrected chi connectivity index (χ4v) is 2.09. The van der Waals surface area contributed by atoms with Gasteiger partial charge in [-0.25, -0.2) is 0 Å². The summed E-state index contributed by atoms with van der Waals surface area (Å²) in [5.41, 5.74) is 4.50. The van der Waals surface area contributed by atoms with Crippen molar-refractivity contribution in [1.29, 1.82) is 0 Å². The molecule has 5 nitrogen and oxygen atoms in total. The molecule has 4 N–H and O–H groups in total. The third kappa shape index (κ3) is 10.2. The van der Waals surface area contributed by atoms with E-state index in [9.17, 15) is 4.57 Å². The summed E-state index contributed by atoms with van der Waals surface area (Å²) in [5, 5.41) is 2.62. The van der Waals surface area contributed by atoms with Crippen LogP contribution in [0.4, 0.5) is 0 Å². The van der Waals surface area contributed by atoms with Gasteiger partial charge in [0.2, 0.25) is 0 Å². The lowest BCUT2D eigenvalue weighted by molar-refractivity contribution is 0.197. The molecule has 0 saturated carbocycles. The molecule has 2 aromatic rings. The summed E-state index contributed by atoms with van der Waals surface area (Å²) in [4.78, 5) is 16.6. The molecule has 0 aliphatic carbocycles. The van der Waals surface area contributed by atoms with E-state index in [2.05, 4.69) is 59.0 Å². The molecule has 0 heterocycles. The Labute approximate surface area is 125 Å². The van der Waals surface area contributed by atoms with Gasteiger partial charge in [0.25, 0.3) is 0 Å². The molecule has 0 aromatic heterocycles. The molecule has 0 saturated heterocycles. The first-order valence-corrected chi connectivity index (χ1v) is 8.38. The van der Waals surface area contributed by atoms with E-state index in [1.165, 1.54) is 24.9 Å². The van der Waals surface area contributed by atoms with Crippen molar-refractivity contribution in [1.82, 2.24) is 0 Å². The van der Waals surface area contributed by atoms with Gasteiger partial charge in [0.15, 0.2) is 0 Å². The standard InChI is InChI=1S/C10H8.C4H11O4P.CH5N/c1-2-6-10-8-4-3-7-9(10)5-1;1-8-3-2-4-9(5,6)7;1-2/h1-8H;2-4H2,1H3,(H2,5,6,7);2H2,1H3. The van der Waals surface area contributed by atoms with Crippen molar-refractivity contribution in [3.05, 3.63) is 48.5 Å². The highest BCUT2D eigenvalue weighted by Crippen LogP contribution is 2.34. The van der Waals surface area contributed by atoms with Crippen LogP contribution in [0.5, 0.6) is 0 Å². The minimum Gasteiger partial charge on any atom is -0.385 e. The van der Waals surface area contributed by atoms with Crippen LogP contribution in [0.1, 0.15) is 6.42 Å². The van der Waals surface area contributed by atoms with Crippen molar-refractivity contribution in [2.45, 2.75) is 6.42 Å². The molecule has 0 unspecified atom stereocenters. The Hall–Kier alpha value is -1.23. The van der Waals surface area contributed by atoms with Crippen LogP contribution in [-0.2, 0) is 9.30 Å². The minimum atomic E-state index is -3.78. The number of fused-ring (bicyclic) bond motifs is 1. The van der Waals surface area contributed by atoms with Gasteiger partial charge in [-0.1, -0.05) is 48.5 Å². The van der Waals surface area contributed by atoms with Crippen molar-refractivity contribution in [2.75, 3.05) is 26.9 Å². The van der Waals surface area contributed by atoms with Crippen LogP contribution >= 0.6 is 7.60 Å². The van der Waals surface area contributed by atoms with E-state index in [1.54, 1.807) is 0 Å². The van der Waals surface area contributed by atoms with Gasteiger partial charge in [0.1, 0.15) is 0 Å². The lowest BCUT2D eigenvalue weighted by atomic mass is 10.1. The van der Waals surface area contributed by atoms with Crippen LogP contribution in [0.15, 0.2) is 48.5 Å². The molecule has 118 valence electrons. The van der Waals surface area contributed by atoms with E-state index >= 15 is 0 Å². The Morgan fingerprint density at radius 2 is 1.38 bits per heavy atom. The molecule has 0 fully saturated rings. The topological polar surface area (TPSA) is 92.8 Å². The predicted octanol–water partition coefficient (Wildman–Crippen LogP) is 2.62. The largest absolute Gasteiger partial charge is 0.385 e. The molecular formula is C15H24NO4P. The molecule has 0 radical (unpaired) electrons. The Kier molecular flexibility index (Phi) is 10.8. The van der Waals surface area contributed by atoms with Crippen LogP contribution in [0.25, 0.3) is 10.8 Å². The number of benzene rings is 2. The van der Waals surface area contributed by atoms with Gasteiger partial charge < -0.3 is 20.3 Å². The first-order valence-electron chi connectivity index (χ1n) is 6.58. The Morgan fingerprint density at radius 1 is 1.00 bits per heavy atom. The van der Waals surface area contributed by atoms with Crippen LogP contribution in [0.2, 0.25) is 0 Å². The van der Waals surface area contributed by atoms with Gasteiger partial charge in [-0.2, -0.15) is 0 Å². The smallest absolute Gasteiger partial charge is 0.325 e. The zero-order valence-corrected chi connectivity index (χ0v) is 13.4. The van der Waals surface area contributed by atoms with Gasteiger partial charge >= 0.3 is 7.60 Å². The number of hydrogen-bond acceptors (Lipinski definition) is 3. The number of ether oxygens (including phenoxy) is 1. The van der Waals surface area contributed by atoms with Gasteiger partial charge in [-0.15, -0.1) is 0 Å². The first kappa shape index (κ1) is 19.8. The summed E-state index contributed by atoms with van der Waals surface area (Å²) < 4.78 is 14.7.